The first kappa shape index (κ1) is 11.4. The lowest BCUT2D eigenvalue weighted by molar-refractivity contribution is 0.665. The predicted octanol–water partition coefficient (Wildman–Crippen LogP) is 2.58. The highest BCUT2D eigenvalue weighted by Crippen LogP contribution is 2.25. The summed E-state index contributed by atoms with van der Waals surface area (Å²) < 4.78 is 3.22. The maximum atomic E-state index is 5.84. The summed E-state index contributed by atoms with van der Waals surface area (Å²) in [5.74, 6) is 0.553. The molecule has 0 spiro atoms. The maximum Gasteiger partial charge on any atom is 0.146 e. The van der Waals surface area contributed by atoms with E-state index in [0.29, 0.717) is 5.82 Å². The van der Waals surface area contributed by atoms with Crippen LogP contribution in [0.25, 0.3) is 11.0 Å². The van der Waals surface area contributed by atoms with E-state index in [-0.39, 0.29) is 0 Å². The van der Waals surface area contributed by atoms with E-state index in [9.17, 15) is 0 Å². The molecule has 0 aliphatic carbocycles. The SMILES string of the molecule is C=CCCCn1cc(I)c2c(N)ncnc21. The Kier molecular flexibility index (Phi) is 3.42. The number of allylic oxidation sites excluding steroid dienone is 1. The predicted molar refractivity (Wildman–Crippen MR) is 74.1 cm³/mol. The normalized spacial score (nSPS) is 10.8. The lowest BCUT2D eigenvalue weighted by Gasteiger charge is -2.02. The molecular weight excluding hydrogens is 315 g/mol. The van der Waals surface area contributed by atoms with Crippen LogP contribution in [0.5, 0.6) is 0 Å². The Labute approximate surface area is 108 Å². The van der Waals surface area contributed by atoms with Crippen LogP contribution in [0.4, 0.5) is 5.82 Å². The zero-order chi connectivity index (χ0) is 11.5. The molecule has 4 nitrogen and oxygen atoms in total. The average Bonchev–Trinajstić information content (AvgIpc) is 2.58. The molecule has 0 unspecified atom stereocenters. The zero-order valence-electron chi connectivity index (χ0n) is 8.86. The highest BCUT2D eigenvalue weighted by atomic mass is 127. The fraction of sp³-hybridized carbons (Fsp3) is 0.273. The van der Waals surface area contributed by atoms with E-state index in [1.807, 2.05) is 6.08 Å². The third kappa shape index (κ3) is 2.04. The molecule has 0 saturated carbocycles. The second-order valence-electron chi connectivity index (χ2n) is 3.56. The minimum absolute atomic E-state index is 0.553. The highest BCUT2D eigenvalue weighted by Gasteiger charge is 2.10. The lowest BCUT2D eigenvalue weighted by atomic mass is 10.3. The molecule has 2 N–H and O–H groups in total. The molecule has 2 aromatic rings. The molecule has 5 heteroatoms. The van der Waals surface area contributed by atoms with Gasteiger partial charge in [0.2, 0.25) is 0 Å². The molecule has 16 heavy (non-hydrogen) atoms. The number of unbranched alkanes of at least 4 members (excludes halogenated alkanes) is 1. The van der Waals surface area contributed by atoms with Crippen LogP contribution >= 0.6 is 22.6 Å². The summed E-state index contributed by atoms with van der Waals surface area (Å²) >= 11 is 2.26. The molecule has 0 radical (unpaired) electrons. The van der Waals surface area contributed by atoms with Crippen molar-refractivity contribution in [1.29, 1.82) is 0 Å². The van der Waals surface area contributed by atoms with Gasteiger partial charge in [0.1, 0.15) is 17.8 Å². The van der Waals surface area contributed by atoms with Gasteiger partial charge in [-0.3, -0.25) is 0 Å². The number of anilines is 1. The largest absolute Gasteiger partial charge is 0.383 e. The topological polar surface area (TPSA) is 56.7 Å². The molecule has 0 amide bonds. The van der Waals surface area contributed by atoms with E-state index in [1.165, 1.54) is 6.33 Å². The summed E-state index contributed by atoms with van der Waals surface area (Å²) in [4.78, 5) is 8.29. The first-order valence-corrected chi connectivity index (χ1v) is 6.17. The summed E-state index contributed by atoms with van der Waals surface area (Å²) in [7, 11) is 0. The summed E-state index contributed by atoms with van der Waals surface area (Å²) in [5.41, 5.74) is 6.76. The Hall–Kier alpha value is -1.11. The first-order chi connectivity index (χ1) is 7.74. The molecule has 2 aromatic heterocycles. The van der Waals surface area contributed by atoms with Gasteiger partial charge < -0.3 is 10.3 Å². The van der Waals surface area contributed by atoms with Crippen LogP contribution in [0.15, 0.2) is 25.2 Å². The van der Waals surface area contributed by atoms with Crippen LogP contribution in [-0.2, 0) is 6.54 Å². The summed E-state index contributed by atoms with van der Waals surface area (Å²) in [5, 5.41) is 0.960. The number of aryl methyl sites for hydroxylation is 1. The minimum atomic E-state index is 0.553. The van der Waals surface area contributed by atoms with Crippen molar-refractivity contribution in [3.05, 3.63) is 28.7 Å². The molecule has 0 atom stereocenters. The average molecular weight is 328 g/mol. The summed E-state index contributed by atoms with van der Waals surface area (Å²) in [6.07, 6.45) is 7.58. The van der Waals surface area contributed by atoms with Crippen molar-refractivity contribution in [2.75, 3.05) is 5.73 Å². The maximum absolute atomic E-state index is 5.84. The fourth-order valence-electron chi connectivity index (χ4n) is 1.68. The number of halogens is 1. The van der Waals surface area contributed by atoms with Gasteiger partial charge in [0, 0.05) is 16.3 Å². The Bertz CT molecular complexity index is 518. The quantitative estimate of drug-likeness (QED) is 0.533. The number of hydrogen-bond donors (Lipinski definition) is 1. The van der Waals surface area contributed by atoms with Crippen LogP contribution in [0.2, 0.25) is 0 Å². The number of nitrogens with zero attached hydrogens (tertiary/aromatic N) is 3. The van der Waals surface area contributed by atoms with Crippen molar-refractivity contribution >= 4 is 39.4 Å². The van der Waals surface area contributed by atoms with Gasteiger partial charge in [-0.25, -0.2) is 9.97 Å². The number of nitrogen functional groups attached to an aromatic ring is 1. The molecule has 0 aromatic carbocycles. The van der Waals surface area contributed by atoms with Crippen LogP contribution in [0.3, 0.4) is 0 Å². The monoisotopic (exact) mass is 328 g/mol. The third-order valence-electron chi connectivity index (χ3n) is 2.44. The summed E-state index contributed by atoms with van der Waals surface area (Å²) in [6.45, 7) is 4.65. The van der Waals surface area contributed by atoms with E-state index >= 15 is 0 Å². The van der Waals surface area contributed by atoms with Gasteiger partial charge in [0.05, 0.1) is 5.39 Å². The molecule has 0 saturated heterocycles. The second-order valence-corrected chi connectivity index (χ2v) is 4.72. The van der Waals surface area contributed by atoms with Gasteiger partial charge in [-0.2, -0.15) is 0 Å². The molecule has 84 valence electrons. The van der Waals surface area contributed by atoms with Crippen molar-refractivity contribution in [2.45, 2.75) is 19.4 Å². The van der Waals surface area contributed by atoms with Crippen molar-refractivity contribution in [2.24, 2.45) is 0 Å². The van der Waals surface area contributed by atoms with E-state index in [2.05, 4.69) is 49.9 Å². The fourth-order valence-corrected chi connectivity index (χ4v) is 2.53. The number of rotatable bonds is 4. The highest BCUT2D eigenvalue weighted by molar-refractivity contribution is 14.1. The van der Waals surface area contributed by atoms with E-state index in [1.54, 1.807) is 0 Å². The first-order valence-electron chi connectivity index (χ1n) is 5.09. The van der Waals surface area contributed by atoms with Crippen molar-refractivity contribution < 1.29 is 0 Å². The third-order valence-corrected chi connectivity index (χ3v) is 3.26. The van der Waals surface area contributed by atoms with Gasteiger partial charge in [-0.05, 0) is 35.4 Å². The smallest absolute Gasteiger partial charge is 0.146 e. The number of nitrogens with two attached hydrogens (primary N) is 1. The molecular formula is C11H13IN4. The Morgan fingerprint density at radius 1 is 1.50 bits per heavy atom. The Balaban J connectivity index is 2.39. The van der Waals surface area contributed by atoms with Gasteiger partial charge in [-0.1, -0.05) is 6.08 Å². The second kappa shape index (κ2) is 4.82. The van der Waals surface area contributed by atoms with Gasteiger partial charge in [-0.15, -0.1) is 6.58 Å². The number of fused-ring (bicyclic) bond motifs is 1. The van der Waals surface area contributed by atoms with E-state index in [4.69, 9.17) is 5.73 Å². The van der Waals surface area contributed by atoms with E-state index in [0.717, 1.165) is 34.0 Å². The molecule has 2 heterocycles. The van der Waals surface area contributed by atoms with Crippen molar-refractivity contribution in [1.82, 2.24) is 14.5 Å². The lowest BCUT2D eigenvalue weighted by Crippen LogP contribution is -1.99. The van der Waals surface area contributed by atoms with Gasteiger partial charge in [0.15, 0.2) is 0 Å². The molecule has 0 aliphatic heterocycles. The van der Waals surface area contributed by atoms with E-state index < -0.39 is 0 Å². The number of hydrogen-bond acceptors (Lipinski definition) is 3. The zero-order valence-corrected chi connectivity index (χ0v) is 11.0. The molecule has 0 aliphatic rings. The van der Waals surface area contributed by atoms with Crippen LogP contribution < -0.4 is 5.73 Å². The van der Waals surface area contributed by atoms with Gasteiger partial charge in [0.25, 0.3) is 0 Å². The standard InChI is InChI=1S/C11H13IN4/c1-2-3-4-5-16-6-8(12)9-10(13)14-7-15-11(9)16/h2,6-7H,1,3-5H2,(H2,13,14,15). The van der Waals surface area contributed by atoms with Crippen LogP contribution in [-0.4, -0.2) is 14.5 Å². The van der Waals surface area contributed by atoms with Gasteiger partial charge >= 0.3 is 0 Å². The van der Waals surface area contributed by atoms with Crippen molar-refractivity contribution in [3.8, 4) is 0 Å². The van der Waals surface area contributed by atoms with Crippen LogP contribution in [0.1, 0.15) is 12.8 Å². The minimum Gasteiger partial charge on any atom is -0.383 e. The molecule has 2 rings (SSSR count). The van der Waals surface area contributed by atoms with Crippen molar-refractivity contribution in [3.63, 3.8) is 0 Å². The van der Waals surface area contributed by atoms with Crippen LogP contribution in [0, 0.1) is 3.57 Å². The summed E-state index contributed by atoms with van der Waals surface area (Å²) in [6, 6.07) is 0. The Morgan fingerprint density at radius 2 is 2.31 bits per heavy atom. The molecule has 0 fully saturated rings. The Morgan fingerprint density at radius 3 is 3.06 bits per heavy atom. The molecule has 0 bridgehead atoms. The number of aromatic nitrogens is 3.